The Labute approximate surface area is 184 Å². The van der Waals surface area contributed by atoms with Crippen molar-refractivity contribution in [1.29, 1.82) is 0 Å². The van der Waals surface area contributed by atoms with Crippen molar-refractivity contribution < 1.29 is 17.7 Å². The smallest absolute Gasteiger partial charge is 0.147 e. The molecule has 148 valence electrons. The summed E-state index contributed by atoms with van der Waals surface area (Å²) in [4.78, 5) is 0. The predicted octanol–water partition coefficient (Wildman–Crippen LogP) is 6.42. The third-order valence-electron chi connectivity index (χ3n) is 4.82. The SMILES string of the molecule is CC(C)(C)[NH][Zr]([CH3])([CH3])(=[SiH2])[CH]1C(c2ccc(Cl)cc2)=Cc2ccccc21.Cl.Cl. The Kier molecular flexibility index (Phi) is 7.88. The van der Waals surface area contributed by atoms with Crippen LogP contribution in [0.3, 0.4) is 0 Å². The maximum atomic E-state index is 6.13. The summed E-state index contributed by atoms with van der Waals surface area (Å²) in [5, 5.41) is 0.792. The molecule has 27 heavy (non-hydrogen) atoms. The van der Waals surface area contributed by atoms with Crippen LogP contribution >= 0.6 is 36.4 Å². The molecule has 2 aromatic carbocycles. The predicted molar refractivity (Wildman–Crippen MR) is 126 cm³/mol. The van der Waals surface area contributed by atoms with Crippen LogP contribution in [0.5, 0.6) is 0 Å². The van der Waals surface area contributed by atoms with Gasteiger partial charge in [-0.25, -0.2) is 0 Å². The molecule has 1 aliphatic carbocycles. The second kappa shape index (κ2) is 8.46. The molecule has 6 heteroatoms. The fraction of sp³-hybridized carbons (Fsp3) is 0.333. The van der Waals surface area contributed by atoms with Crippen LogP contribution in [0.2, 0.25) is 14.3 Å². The molecule has 0 amide bonds. The Balaban J connectivity index is 0.00000182. The molecule has 1 aliphatic rings. The van der Waals surface area contributed by atoms with Gasteiger partial charge in [-0.05, 0) is 0 Å². The minimum atomic E-state index is -3.28. The summed E-state index contributed by atoms with van der Waals surface area (Å²) in [6.45, 7) is 9.13. The van der Waals surface area contributed by atoms with Crippen molar-refractivity contribution in [2.24, 2.45) is 0 Å². The summed E-state index contributed by atoms with van der Waals surface area (Å²) in [6, 6.07) is 17.2. The number of hydrogen-bond acceptors (Lipinski definition) is 1. The fourth-order valence-electron chi connectivity index (χ4n) is 4.52. The molecule has 0 saturated heterocycles. The van der Waals surface area contributed by atoms with E-state index >= 15 is 0 Å². The molecule has 1 N–H and O–H groups in total. The monoisotopic (exact) mass is 519 g/mol. The van der Waals surface area contributed by atoms with Gasteiger partial charge in [0.15, 0.2) is 0 Å². The molecular weight excluding hydrogens is 492 g/mol. The largest absolute Gasteiger partial charge is 0.147 e. The Morgan fingerprint density at radius 3 is 2.07 bits per heavy atom. The van der Waals surface area contributed by atoms with Crippen LogP contribution in [-0.4, -0.2) is 12.4 Å². The van der Waals surface area contributed by atoms with Gasteiger partial charge in [-0.15, -0.1) is 24.8 Å². The summed E-state index contributed by atoms with van der Waals surface area (Å²) >= 11 is 2.86. The van der Waals surface area contributed by atoms with E-state index in [-0.39, 0.29) is 30.4 Å². The molecule has 0 heterocycles. The Morgan fingerprint density at radius 1 is 0.963 bits per heavy atom. The van der Waals surface area contributed by atoms with E-state index in [1.165, 1.54) is 22.3 Å². The molecular formula is C21H30Cl3NSiZr. The van der Waals surface area contributed by atoms with Crippen LogP contribution in [0, 0.1) is 0 Å². The zero-order chi connectivity index (χ0) is 18.5. The summed E-state index contributed by atoms with van der Waals surface area (Å²) in [7, 11) is 0. The van der Waals surface area contributed by atoms with E-state index in [2.05, 4.69) is 82.6 Å². The Bertz CT molecular complexity index is 908. The van der Waals surface area contributed by atoms with Crippen molar-refractivity contribution in [3.63, 3.8) is 0 Å². The molecule has 0 radical (unpaired) electrons. The molecule has 3 rings (SSSR count). The fourth-order valence-corrected chi connectivity index (χ4v) is 23.0. The first-order valence-corrected chi connectivity index (χ1v) is 22.7. The molecule has 0 saturated carbocycles. The van der Waals surface area contributed by atoms with Crippen molar-refractivity contribution in [3.8, 4) is 0 Å². The molecule has 0 aromatic heterocycles. The van der Waals surface area contributed by atoms with Gasteiger partial charge in [0, 0.05) is 0 Å². The van der Waals surface area contributed by atoms with E-state index in [9.17, 15) is 0 Å². The zero-order valence-electron chi connectivity index (χ0n) is 16.7. The molecule has 2 aromatic rings. The number of fused-ring (bicyclic) bond motifs is 1. The topological polar surface area (TPSA) is 12.0 Å². The quantitative estimate of drug-likeness (QED) is 0.460. The van der Waals surface area contributed by atoms with E-state index in [0.29, 0.717) is 3.63 Å². The third kappa shape index (κ3) is 5.59. The molecule has 1 nitrogen and oxygen atoms in total. The van der Waals surface area contributed by atoms with E-state index in [1.54, 1.807) is 0 Å². The molecule has 0 bridgehead atoms. The maximum absolute atomic E-state index is 6.13. The van der Waals surface area contributed by atoms with Gasteiger partial charge in [-0.1, -0.05) is 0 Å². The number of allylic oxidation sites excluding steroid dienone is 1. The summed E-state index contributed by atoms with van der Waals surface area (Å²) in [5.41, 5.74) is 5.69. The van der Waals surface area contributed by atoms with Gasteiger partial charge < -0.3 is 0 Å². The van der Waals surface area contributed by atoms with Crippen LogP contribution in [0.25, 0.3) is 11.6 Å². The molecule has 0 aliphatic heterocycles. The molecule has 1 atom stereocenters. The van der Waals surface area contributed by atoms with Gasteiger partial charge in [0.05, 0.1) is 0 Å². The minimum absolute atomic E-state index is 0. The van der Waals surface area contributed by atoms with Crippen LogP contribution in [-0.2, 0) is 17.7 Å². The van der Waals surface area contributed by atoms with Crippen LogP contribution in [0.15, 0.2) is 48.5 Å². The number of nitrogens with one attached hydrogen (secondary N) is 1. The normalized spacial score (nSPS) is 16.7. The van der Waals surface area contributed by atoms with Gasteiger partial charge in [0.2, 0.25) is 0 Å². The van der Waals surface area contributed by atoms with Crippen LogP contribution in [0.4, 0.5) is 0 Å². The number of halogens is 3. The first-order chi connectivity index (χ1) is 11.4. The number of rotatable bonds is 3. The minimum Gasteiger partial charge on any atom is -0.147 e. The maximum Gasteiger partial charge on any atom is -0.147 e. The standard InChI is InChI=1S/C15H10Cl.C4H10N.2CH3.2ClH.H2Si.Zr/c16-15-7-5-11(6-8-15)14-9-12-3-1-2-4-13(12)10-14;1-4(2,3)5;;;;;;/h1-10H;5H,1-3H3;2*1H3;2*1H;1H2;/q;-1;;;;;;+1. The zero-order valence-corrected chi connectivity index (χ0v) is 22.9. The van der Waals surface area contributed by atoms with Crippen molar-refractivity contribution >= 4 is 54.9 Å². The van der Waals surface area contributed by atoms with E-state index in [1.807, 2.05) is 12.1 Å². The molecule has 0 spiro atoms. The first kappa shape index (κ1) is 25.1. The summed E-state index contributed by atoms with van der Waals surface area (Å²) in [5.74, 6) is 0. The number of benzene rings is 2. The second-order valence-corrected chi connectivity index (χ2v) is 38.5. The summed E-state index contributed by atoms with van der Waals surface area (Å²) in [6.07, 6.45) is 2.39. The molecule has 0 fully saturated rings. The van der Waals surface area contributed by atoms with Gasteiger partial charge >= 0.3 is 161 Å². The van der Waals surface area contributed by atoms with Gasteiger partial charge in [0.25, 0.3) is 0 Å². The van der Waals surface area contributed by atoms with Gasteiger partial charge in [-0.3, -0.25) is 0 Å². The van der Waals surface area contributed by atoms with E-state index in [4.69, 9.17) is 11.6 Å². The van der Waals surface area contributed by atoms with Gasteiger partial charge in [0.1, 0.15) is 0 Å². The summed E-state index contributed by atoms with van der Waals surface area (Å²) < 4.78 is 9.68. The number of hydrogen-bond donors (Lipinski definition) is 1. The molecule has 1 unspecified atom stereocenters. The Morgan fingerprint density at radius 2 is 1.52 bits per heavy atom. The third-order valence-corrected chi connectivity index (χ3v) is 18.5. The first-order valence-electron chi connectivity index (χ1n) is 8.88. The average molecular weight is 522 g/mol. The van der Waals surface area contributed by atoms with Crippen molar-refractivity contribution in [2.45, 2.75) is 39.2 Å². The second-order valence-electron chi connectivity index (χ2n) is 9.35. The van der Waals surface area contributed by atoms with Crippen LogP contribution in [0.1, 0.15) is 41.1 Å². The van der Waals surface area contributed by atoms with Crippen molar-refractivity contribution in [3.05, 3.63) is 70.2 Å². The van der Waals surface area contributed by atoms with E-state index in [0.717, 1.165) is 5.02 Å². The van der Waals surface area contributed by atoms with Crippen molar-refractivity contribution in [1.82, 2.24) is 3.26 Å². The van der Waals surface area contributed by atoms with E-state index < -0.39 is 17.7 Å². The average Bonchev–Trinajstić information content (AvgIpc) is 2.85. The van der Waals surface area contributed by atoms with Crippen LogP contribution < -0.4 is 3.26 Å². The Hall–Kier alpha value is 0.110. The van der Waals surface area contributed by atoms with Crippen molar-refractivity contribution in [2.75, 3.05) is 0 Å². The van der Waals surface area contributed by atoms with Gasteiger partial charge in [-0.2, -0.15) is 0 Å².